The zero-order valence-corrected chi connectivity index (χ0v) is 15.6. The normalized spacial score (nSPS) is 11.7. The summed E-state index contributed by atoms with van der Waals surface area (Å²) in [6.45, 7) is 9.39. The molecule has 0 atom stereocenters. The van der Waals surface area contributed by atoms with Crippen LogP contribution in [0.15, 0.2) is 29.2 Å². The van der Waals surface area contributed by atoms with Gasteiger partial charge in [0.25, 0.3) is 5.91 Å². The van der Waals surface area contributed by atoms with Crippen LogP contribution in [0.4, 0.5) is 0 Å². The number of carbonyl (C=O) groups excluding carboxylic acids is 1. The predicted octanol–water partition coefficient (Wildman–Crippen LogP) is 1.52. The number of hydrogen-bond acceptors (Lipinski definition) is 4. The van der Waals surface area contributed by atoms with Crippen LogP contribution in [-0.2, 0) is 10.0 Å². The van der Waals surface area contributed by atoms with E-state index < -0.39 is 15.6 Å². The molecule has 132 valence electrons. The minimum Gasteiger partial charge on any atom is -0.351 e. The molecule has 0 saturated heterocycles. The second-order valence-electron chi connectivity index (χ2n) is 5.99. The summed E-state index contributed by atoms with van der Waals surface area (Å²) in [5, 5.41) is 5.87. The highest BCUT2D eigenvalue weighted by Gasteiger charge is 2.22. The molecule has 0 saturated carbocycles. The molecule has 0 aliphatic carbocycles. The van der Waals surface area contributed by atoms with Crippen LogP contribution >= 0.6 is 12.4 Å². The topological polar surface area (TPSA) is 87.3 Å². The number of carbonyl (C=O) groups is 1. The monoisotopic (exact) mass is 363 g/mol. The molecule has 1 amide bonds. The van der Waals surface area contributed by atoms with Crippen LogP contribution in [0.3, 0.4) is 0 Å². The zero-order chi connectivity index (χ0) is 16.8. The predicted molar refractivity (Wildman–Crippen MR) is 94.6 cm³/mol. The molecule has 1 aromatic carbocycles. The molecule has 0 aliphatic rings. The Kier molecular flexibility index (Phi) is 8.76. The molecule has 0 aliphatic heterocycles. The van der Waals surface area contributed by atoms with Crippen molar-refractivity contribution >= 4 is 28.3 Å². The molecular formula is C15H26ClN3O3S. The van der Waals surface area contributed by atoms with Crippen LogP contribution in [0.1, 0.15) is 38.1 Å². The van der Waals surface area contributed by atoms with Crippen LogP contribution in [0.5, 0.6) is 0 Å². The third-order valence-corrected chi connectivity index (χ3v) is 4.48. The molecule has 8 heteroatoms. The Morgan fingerprint density at radius 1 is 1.09 bits per heavy atom. The van der Waals surface area contributed by atoms with Gasteiger partial charge in [0, 0.05) is 24.2 Å². The van der Waals surface area contributed by atoms with E-state index in [0.29, 0.717) is 18.7 Å². The summed E-state index contributed by atoms with van der Waals surface area (Å²) in [6.07, 6.45) is 0. The van der Waals surface area contributed by atoms with E-state index >= 15 is 0 Å². The van der Waals surface area contributed by atoms with Gasteiger partial charge >= 0.3 is 0 Å². The number of hydrogen-bond donors (Lipinski definition) is 3. The number of amides is 1. The minimum atomic E-state index is -3.58. The van der Waals surface area contributed by atoms with E-state index in [2.05, 4.69) is 15.4 Å². The highest BCUT2D eigenvalue weighted by atomic mass is 35.5. The molecule has 1 rings (SSSR count). The molecule has 0 radical (unpaired) electrons. The Hall–Kier alpha value is -1.15. The summed E-state index contributed by atoms with van der Waals surface area (Å²) in [6, 6.07) is 5.90. The second-order valence-corrected chi connectivity index (χ2v) is 7.67. The van der Waals surface area contributed by atoms with Crippen molar-refractivity contribution in [3.05, 3.63) is 29.8 Å². The molecular weight excluding hydrogens is 338 g/mol. The van der Waals surface area contributed by atoms with Crippen molar-refractivity contribution in [2.45, 2.75) is 38.1 Å². The van der Waals surface area contributed by atoms with Gasteiger partial charge in [-0.3, -0.25) is 4.79 Å². The van der Waals surface area contributed by atoms with Crippen LogP contribution in [-0.4, -0.2) is 39.5 Å². The highest BCUT2D eigenvalue weighted by Crippen LogP contribution is 2.13. The molecule has 0 fully saturated rings. The third-order valence-electron chi connectivity index (χ3n) is 2.70. The lowest BCUT2D eigenvalue weighted by molar-refractivity contribution is 0.0954. The molecule has 1 aromatic rings. The van der Waals surface area contributed by atoms with E-state index in [9.17, 15) is 13.2 Å². The quantitative estimate of drug-likeness (QED) is 0.641. The number of nitrogens with one attached hydrogen (secondary N) is 3. The fraction of sp³-hybridized carbons (Fsp3) is 0.533. The molecule has 0 aromatic heterocycles. The average Bonchev–Trinajstić information content (AvgIpc) is 2.41. The maximum atomic E-state index is 12.2. The minimum absolute atomic E-state index is 0. The Balaban J connectivity index is 0.00000484. The van der Waals surface area contributed by atoms with Gasteiger partial charge in [-0.15, -0.1) is 12.4 Å². The van der Waals surface area contributed by atoms with Crippen molar-refractivity contribution in [2.24, 2.45) is 0 Å². The van der Waals surface area contributed by atoms with Crippen molar-refractivity contribution in [3.8, 4) is 0 Å². The van der Waals surface area contributed by atoms with E-state index in [0.717, 1.165) is 6.54 Å². The molecule has 3 N–H and O–H groups in total. The molecule has 0 unspecified atom stereocenters. The fourth-order valence-electron chi connectivity index (χ4n) is 1.79. The van der Waals surface area contributed by atoms with Gasteiger partial charge in [0.2, 0.25) is 10.0 Å². The van der Waals surface area contributed by atoms with Crippen LogP contribution in [0, 0.1) is 0 Å². The first-order valence-corrected chi connectivity index (χ1v) is 8.77. The smallest absolute Gasteiger partial charge is 0.251 e. The average molecular weight is 364 g/mol. The number of benzene rings is 1. The molecule has 0 heterocycles. The molecule has 6 nitrogen and oxygen atoms in total. The maximum Gasteiger partial charge on any atom is 0.251 e. The lowest BCUT2D eigenvalue weighted by atomic mass is 10.1. The largest absolute Gasteiger partial charge is 0.351 e. The van der Waals surface area contributed by atoms with Crippen molar-refractivity contribution in [2.75, 3.05) is 19.6 Å². The van der Waals surface area contributed by atoms with E-state index in [-0.39, 0.29) is 23.2 Å². The Bertz CT molecular complexity index is 595. The fourth-order valence-corrected chi connectivity index (χ4v) is 3.21. The maximum absolute atomic E-state index is 12.2. The number of halogens is 1. The van der Waals surface area contributed by atoms with Crippen LogP contribution in [0.25, 0.3) is 0 Å². The van der Waals surface area contributed by atoms with Gasteiger partial charge in [-0.2, -0.15) is 0 Å². The molecule has 0 spiro atoms. The molecule has 0 bridgehead atoms. The van der Waals surface area contributed by atoms with Crippen molar-refractivity contribution in [3.63, 3.8) is 0 Å². The van der Waals surface area contributed by atoms with Gasteiger partial charge in [0.15, 0.2) is 0 Å². The summed E-state index contributed by atoms with van der Waals surface area (Å²) in [5.41, 5.74) is -0.118. The first-order valence-electron chi connectivity index (χ1n) is 7.28. The number of likely N-dealkylation sites (N-methyl/N-ethyl adjacent to an activating group) is 1. The lowest BCUT2D eigenvalue weighted by Gasteiger charge is -2.20. The van der Waals surface area contributed by atoms with Gasteiger partial charge in [-0.1, -0.05) is 6.92 Å². The first kappa shape index (κ1) is 21.9. The Morgan fingerprint density at radius 2 is 1.65 bits per heavy atom. The van der Waals surface area contributed by atoms with Crippen molar-refractivity contribution in [1.82, 2.24) is 15.4 Å². The number of rotatable bonds is 7. The number of sulfonamides is 1. The Morgan fingerprint density at radius 3 is 2.13 bits per heavy atom. The summed E-state index contributed by atoms with van der Waals surface area (Å²) >= 11 is 0. The SMILES string of the molecule is CCNCCNC(=O)c1ccc(S(=O)(=O)NC(C)(C)C)cc1.Cl. The van der Waals surface area contributed by atoms with Gasteiger partial charge < -0.3 is 10.6 Å². The van der Waals surface area contributed by atoms with E-state index in [4.69, 9.17) is 0 Å². The van der Waals surface area contributed by atoms with Gasteiger partial charge in [-0.25, -0.2) is 13.1 Å². The summed E-state index contributed by atoms with van der Waals surface area (Å²) < 4.78 is 26.9. The zero-order valence-electron chi connectivity index (χ0n) is 14.0. The third kappa shape index (κ3) is 7.78. The van der Waals surface area contributed by atoms with E-state index in [1.165, 1.54) is 24.3 Å². The summed E-state index contributed by atoms with van der Waals surface area (Å²) in [5.74, 6) is -0.217. The van der Waals surface area contributed by atoms with Gasteiger partial charge in [0.1, 0.15) is 0 Å². The highest BCUT2D eigenvalue weighted by molar-refractivity contribution is 7.89. The van der Waals surface area contributed by atoms with Crippen LogP contribution < -0.4 is 15.4 Å². The first-order chi connectivity index (χ1) is 10.2. The molecule has 23 heavy (non-hydrogen) atoms. The summed E-state index contributed by atoms with van der Waals surface area (Å²) in [7, 11) is -3.58. The van der Waals surface area contributed by atoms with Crippen LogP contribution in [0.2, 0.25) is 0 Å². The standard InChI is InChI=1S/C15H25N3O3S.ClH/c1-5-16-10-11-17-14(19)12-6-8-13(9-7-12)22(20,21)18-15(2,3)4;/h6-9,16,18H,5,10-11H2,1-4H3,(H,17,19);1H. The van der Waals surface area contributed by atoms with Crippen molar-refractivity contribution in [1.29, 1.82) is 0 Å². The lowest BCUT2D eigenvalue weighted by Crippen LogP contribution is -2.40. The van der Waals surface area contributed by atoms with Gasteiger partial charge in [-0.05, 0) is 51.6 Å². The van der Waals surface area contributed by atoms with Gasteiger partial charge in [0.05, 0.1) is 4.90 Å². The summed E-state index contributed by atoms with van der Waals surface area (Å²) in [4.78, 5) is 12.0. The van der Waals surface area contributed by atoms with E-state index in [1.807, 2.05) is 6.92 Å². The Labute approximate surface area is 144 Å². The van der Waals surface area contributed by atoms with Crippen molar-refractivity contribution < 1.29 is 13.2 Å². The second kappa shape index (κ2) is 9.22. The van der Waals surface area contributed by atoms with E-state index in [1.54, 1.807) is 20.8 Å².